The summed E-state index contributed by atoms with van der Waals surface area (Å²) in [4.78, 5) is 37.4. The van der Waals surface area contributed by atoms with Gasteiger partial charge < -0.3 is 39.6 Å². The van der Waals surface area contributed by atoms with Crippen LogP contribution in [0.5, 0.6) is 0 Å². The third-order valence-electron chi connectivity index (χ3n) is 1.36. The van der Waals surface area contributed by atoms with Gasteiger partial charge in [-0.15, -0.1) is 0 Å². The molecule has 0 aliphatic heterocycles. The van der Waals surface area contributed by atoms with Crippen molar-refractivity contribution in [3.63, 3.8) is 0 Å². The van der Waals surface area contributed by atoms with Crippen molar-refractivity contribution >= 4 is 23.9 Å². The zero-order valence-electron chi connectivity index (χ0n) is 13.5. The van der Waals surface area contributed by atoms with Crippen molar-refractivity contribution < 1.29 is 39.6 Å². The molecule has 0 rings (SSSR count). The van der Waals surface area contributed by atoms with Crippen LogP contribution in [0.2, 0.25) is 0 Å². The first kappa shape index (κ1) is 28.1. The second kappa shape index (κ2) is 23.9. The van der Waals surface area contributed by atoms with Crippen LogP contribution in [0.25, 0.3) is 0 Å². The van der Waals surface area contributed by atoms with Crippen molar-refractivity contribution in [2.45, 2.75) is 66.2 Å². The number of carbonyl (C=O) groups excluding carboxylic acids is 4. The quantitative estimate of drug-likeness (QED) is 0.513. The van der Waals surface area contributed by atoms with Crippen molar-refractivity contribution in [2.75, 3.05) is 0 Å². The maximum atomic E-state index is 9.49. The Labute approximate surface area is 130 Å². The molecule has 0 amide bonds. The molecule has 0 aromatic heterocycles. The molecule has 0 aliphatic carbocycles. The zero-order valence-corrected chi connectivity index (χ0v) is 13.5. The highest BCUT2D eigenvalue weighted by molar-refractivity contribution is 5.64. The van der Waals surface area contributed by atoms with Gasteiger partial charge in [0.2, 0.25) is 0 Å². The van der Waals surface area contributed by atoms with E-state index >= 15 is 0 Å². The minimum atomic E-state index is -1.08. The molecule has 0 N–H and O–H groups in total. The second-order valence-corrected chi connectivity index (χ2v) is 3.86. The lowest BCUT2D eigenvalue weighted by atomic mass is 10.4. The van der Waals surface area contributed by atoms with Gasteiger partial charge in [0.15, 0.2) is 0 Å². The van der Waals surface area contributed by atoms with Gasteiger partial charge in [-0.05, 0) is 26.2 Å². The van der Waals surface area contributed by atoms with Crippen LogP contribution in [0.4, 0.5) is 0 Å². The lowest BCUT2D eigenvalue weighted by molar-refractivity contribution is -0.307. The molecule has 0 aromatic carbocycles. The predicted molar refractivity (Wildman–Crippen MR) is 70.4 cm³/mol. The van der Waals surface area contributed by atoms with E-state index < -0.39 is 23.9 Å². The smallest absolute Gasteiger partial charge is 0.0414 e. The fourth-order valence-corrected chi connectivity index (χ4v) is 0.612. The normalized spacial score (nSPS) is 7.82. The molecule has 0 fully saturated rings. The van der Waals surface area contributed by atoms with E-state index in [1.54, 1.807) is 20.8 Å². The van der Waals surface area contributed by atoms with Crippen LogP contribution in [0.15, 0.2) is 0 Å². The Bertz CT molecular complexity index is 257. The molecule has 0 unspecified atom stereocenters. The Kier molecular flexibility index (Phi) is 30.6. The van der Waals surface area contributed by atoms with Gasteiger partial charge >= 0.3 is 0 Å². The number of rotatable bonds is 6. The number of carboxylic acids is 4. The summed E-state index contributed by atoms with van der Waals surface area (Å²) < 4.78 is 0. The molecule has 0 atom stereocenters. The minimum absolute atomic E-state index is 0.181. The Hall–Kier alpha value is -2.12. The Morgan fingerprint density at radius 3 is 0.727 bits per heavy atom. The van der Waals surface area contributed by atoms with Crippen molar-refractivity contribution in [1.29, 1.82) is 0 Å². The summed E-state index contributed by atoms with van der Waals surface area (Å²) in [6.45, 7) is 6.38. The van der Waals surface area contributed by atoms with Crippen LogP contribution in [0.1, 0.15) is 66.2 Å². The number of hydrogen-bond acceptors (Lipinski definition) is 8. The summed E-state index contributed by atoms with van der Waals surface area (Å²) >= 11 is 0. The van der Waals surface area contributed by atoms with Crippen LogP contribution in [0, 0.1) is 0 Å². The highest BCUT2D eigenvalue weighted by Crippen LogP contribution is 1.80. The fraction of sp³-hybridized carbons (Fsp3) is 0.714. The van der Waals surface area contributed by atoms with E-state index in [-0.39, 0.29) is 19.3 Å². The third-order valence-corrected chi connectivity index (χ3v) is 1.36. The molecule has 22 heavy (non-hydrogen) atoms. The van der Waals surface area contributed by atoms with E-state index in [0.29, 0.717) is 19.3 Å². The first-order valence-corrected chi connectivity index (χ1v) is 6.81. The Balaban J connectivity index is -0.0000000994. The van der Waals surface area contributed by atoms with Gasteiger partial charge in [0.05, 0.1) is 0 Å². The van der Waals surface area contributed by atoms with E-state index in [1.165, 1.54) is 0 Å². The molecule has 8 nitrogen and oxygen atoms in total. The van der Waals surface area contributed by atoms with Crippen molar-refractivity contribution in [3.8, 4) is 0 Å². The maximum absolute atomic E-state index is 9.49. The molecule has 0 saturated carbocycles. The highest BCUT2D eigenvalue weighted by atomic mass is 16.4. The third kappa shape index (κ3) is 108. The molecular formula is C14H24O8-4. The van der Waals surface area contributed by atoms with Crippen molar-refractivity contribution in [1.82, 2.24) is 0 Å². The first-order chi connectivity index (χ1) is 10.0. The maximum Gasteiger partial charge on any atom is 0.0414 e. The van der Waals surface area contributed by atoms with E-state index in [0.717, 1.165) is 6.92 Å². The topological polar surface area (TPSA) is 161 Å². The number of aliphatic carboxylic acids is 4. The lowest BCUT2D eigenvalue weighted by Crippen LogP contribution is -2.20. The van der Waals surface area contributed by atoms with Gasteiger partial charge in [-0.25, -0.2) is 0 Å². The highest BCUT2D eigenvalue weighted by Gasteiger charge is 1.76. The van der Waals surface area contributed by atoms with Crippen LogP contribution in [-0.4, -0.2) is 23.9 Å². The lowest BCUT2D eigenvalue weighted by Gasteiger charge is -1.92. The largest absolute Gasteiger partial charge is 0.550 e. The van der Waals surface area contributed by atoms with Gasteiger partial charge in [0.25, 0.3) is 0 Å². The van der Waals surface area contributed by atoms with Crippen molar-refractivity contribution in [2.24, 2.45) is 0 Å². The van der Waals surface area contributed by atoms with Gasteiger partial charge in [-0.1, -0.05) is 40.0 Å². The Morgan fingerprint density at radius 2 is 0.727 bits per heavy atom. The van der Waals surface area contributed by atoms with E-state index in [2.05, 4.69) is 0 Å². The van der Waals surface area contributed by atoms with Gasteiger partial charge in [0, 0.05) is 23.9 Å². The van der Waals surface area contributed by atoms with Crippen LogP contribution < -0.4 is 20.4 Å². The first-order valence-electron chi connectivity index (χ1n) is 6.81. The summed E-state index contributed by atoms with van der Waals surface area (Å²) in [5, 5.41) is 37.4. The molecule has 0 heterocycles. The summed E-state index contributed by atoms with van der Waals surface area (Å²) in [6, 6.07) is 0. The van der Waals surface area contributed by atoms with Crippen LogP contribution >= 0.6 is 0 Å². The molecule has 0 aromatic rings. The van der Waals surface area contributed by atoms with Gasteiger partial charge in [0.1, 0.15) is 0 Å². The predicted octanol–water partition coefficient (Wildman–Crippen LogP) is -2.63. The standard InChI is InChI=1S/3C4H8O2.C2H4O2/c3*1-2-3-4(5)6;1-2(3)4/h3*2-3H2,1H3,(H,5,6);1H3,(H,3,4)/p-4. The molecule has 132 valence electrons. The molecule has 0 saturated heterocycles. The monoisotopic (exact) mass is 320 g/mol. The molecule has 8 heteroatoms. The van der Waals surface area contributed by atoms with E-state index in [4.69, 9.17) is 9.90 Å². The SMILES string of the molecule is CC(=O)[O-].CCCC(=O)[O-].CCCC(=O)[O-].CCCC(=O)[O-]. The second-order valence-electron chi connectivity index (χ2n) is 3.86. The molecule has 0 bridgehead atoms. The molecule has 0 aliphatic rings. The summed E-state index contributed by atoms with van der Waals surface area (Å²) in [6.07, 6.45) is 2.55. The Morgan fingerprint density at radius 1 is 0.591 bits per heavy atom. The van der Waals surface area contributed by atoms with Crippen LogP contribution in [0.3, 0.4) is 0 Å². The summed E-state index contributed by atoms with van der Waals surface area (Å²) in [7, 11) is 0. The van der Waals surface area contributed by atoms with Gasteiger partial charge in [-0.3, -0.25) is 0 Å². The van der Waals surface area contributed by atoms with Crippen LogP contribution in [-0.2, 0) is 19.2 Å². The molecular weight excluding hydrogens is 296 g/mol. The summed E-state index contributed by atoms with van der Waals surface area (Å²) in [5.41, 5.74) is 0. The number of carbonyl (C=O) groups is 4. The van der Waals surface area contributed by atoms with E-state index in [1.807, 2.05) is 0 Å². The molecule has 0 radical (unpaired) electrons. The molecule has 0 spiro atoms. The average molecular weight is 320 g/mol. The minimum Gasteiger partial charge on any atom is -0.550 e. The van der Waals surface area contributed by atoms with Crippen molar-refractivity contribution in [3.05, 3.63) is 0 Å². The fourth-order valence-electron chi connectivity index (χ4n) is 0.612. The number of hydrogen-bond donors (Lipinski definition) is 0. The average Bonchev–Trinajstić information content (AvgIpc) is 2.28. The summed E-state index contributed by atoms with van der Waals surface area (Å²) in [5.74, 6) is -3.97. The van der Waals surface area contributed by atoms with E-state index in [9.17, 15) is 29.7 Å². The number of carboxylic acid groups (broad SMARTS) is 4. The zero-order chi connectivity index (χ0) is 18.6. The van der Waals surface area contributed by atoms with Gasteiger partial charge in [-0.2, -0.15) is 0 Å².